The Morgan fingerprint density at radius 1 is 1.00 bits per heavy atom. The van der Waals surface area contributed by atoms with Gasteiger partial charge in [0.2, 0.25) is 0 Å². The molecule has 0 saturated carbocycles. The van der Waals surface area contributed by atoms with Crippen molar-refractivity contribution in [3.05, 3.63) is 87.6 Å². The van der Waals surface area contributed by atoms with E-state index in [4.69, 9.17) is 9.47 Å². The number of nitrogens with one attached hydrogen (secondary N) is 1. The van der Waals surface area contributed by atoms with Crippen LogP contribution in [-0.4, -0.2) is 13.0 Å². The number of ether oxygens (including phenoxy) is 2. The lowest BCUT2D eigenvalue weighted by molar-refractivity contribution is 0.0950. The molecule has 1 aromatic heterocycles. The molecule has 0 spiro atoms. The molecule has 2 aromatic carbocycles. The van der Waals surface area contributed by atoms with Crippen LogP contribution in [-0.2, 0) is 24.5 Å². The van der Waals surface area contributed by atoms with Crippen LogP contribution in [0.15, 0.2) is 66.0 Å². The fourth-order valence-electron chi connectivity index (χ4n) is 2.48. The molecular formula is C21H21NO3S. The molecule has 0 saturated heterocycles. The summed E-state index contributed by atoms with van der Waals surface area (Å²) >= 11 is 1.65. The number of hydrogen-bond donors (Lipinski definition) is 1. The first-order valence-corrected chi connectivity index (χ1v) is 9.23. The highest BCUT2D eigenvalue weighted by Crippen LogP contribution is 2.17. The normalized spacial score (nSPS) is 10.5. The predicted molar refractivity (Wildman–Crippen MR) is 103 cm³/mol. The number of methoxy groups -OCH3 is 1. The smallest absolute Gasteiger partial charge is 0.251 e. The van der Waals surface area contributed by atoms with Crippen molar-refractivity contribution in [2.24, 2.45) is 0 Å². The van der Waals surface area contributed by atoms with Crippen molar-refractivity contribution in [2.75, 3.05) is 7.11 Å². The number of carbonyl (C=O) groups is 1. The Labute approximate surface area is 157 Å². The molecule has 3 rings (SSSR count). The number of carbonyl (C=O) groups excluding carboxylic acids is 1. The second-order valence-corrected chi connectivity index (χ2v) is 6.86. The first-order chi connectivity index (χ1) is 12.7. The van der Waals surface area contributed by atoms with Crippen LogP contribution in [0.1, 0.15) is 26.4 Å². The van der Waals surface area contributed by atoms with Gasteiger partial charge >= 0.3 is 0 Å². The first-order valence-electron chi connectivity index (χ1n) is 8.35. The summed E-state index contributed by atoms with van der Waals surface area (Å²) in [6.45, 7) is 1.58. The Morgan fingerprint density at radius 3 is 2.54 bits per heavy atom. The third-order valence-corrected chi connectivity index (χ3v) is 4.69. The SMILES string of the molecule is COCc1ccc(CNC(=O)c2cccc(OCc3cccs3)c2)cc1. The molecule has 0 atom stereocenters. The minimum absolute atomic E-state index is 0.118. The molecule has 1 N–H and O–H groups in total. The molecule has 0 aliphatic heterocycles. The highest BCUT2D eigenvalue weighted by atomic mass is 32.1. The van der Waals surface area contributed by atoms with Gasteiger partial charge in [0, 0.05) is 24.1 Å². The molecule has 0 aliphatic carbocycles. The third-order valence-electron chi connectivity index (χ3n) is 3.84. The average molecular weight is 367 g/mol. The summed E-state index contributed by atoms with van der Waals surface area (Å²) in [5.74, 6) is 0.572. The zero-order valence-electron chi connectivity index (χ0n) is 14.6. The van der Waals surface area contributed by atoms with Crippen molar-refractivity contribution in [3.63, 3.8) is 0 Å². The molecule has 0 unspecified atom stereocenters. The second-order valence-electron chi connectivity index (χ2n) is 5.83. The maximum absolute atomic E-state index is 12.4. The summed E-state index contributed by atoms with van der Waals surface area (Å²) in [7, 11) is 1.67. The summed E-state index contributed by atoms with van der Waals surface area (Å²) in [5.41, 5.74) is 2.74. The van der Waals surface area contributed by atoms with Gasteiger partial charge in [0.25, 0.3) is 5.91 Å². The molecule has 1 amide bonds. The third kappa shape index (κ3) is 5.18. The van der Waals surface area contributed by atoms with Crippen LogP contribution < -0.4 is 10.1 Å². The van der Waals surface area contributed by atoms with Crippen LogP contribution in [0.5, 0.6) is 5.75 Å². The molecule has 5 heteroatoms. The van der Waals surface area contributed by atoms with Gasteiger partial charge in [-0.3, -0.25) is 4.79 Å². The standard InChI is InChI=1S/C21H21NO3S/c1-24-14-17-9-7-16(8-10-17)13-22-21(23)18-4-2-5-19(12-18)25-15-20-6-3-11-26-20/h2-12H,13-15H2,1H3,(H,22,23). The fraction of sp³-hybridized carbons (Fsp3) is 0.190. The number of amides is 1. The van der Waals surface area contributed by atoms with E-state index >= 15 is 0 Å². The van der Waals surface area contributed by atoms with E-state index in [9.17, 15) is 4.79 Å². The summed E-state index contributed by atoms with van der Waals surface area (Å²) in [6, 6.07) is 19.3. The Kier molecular flexibility index (Phi) is 6.41. The van der Waals surface area contributed by atoms with E-state index in [0.29, 0.717) is 31.1 Å². The number of thiophene rings is 1. The highest BCUT2D eigenvalue weighted by Gasteiger charge is 2.07. The summed E-state index contributed by atoms with van der Waals surface area (Å²) in [4.78, 5) is 13.5. The minimum Gasteiger partial charge on any atom is -0.488 e. The Balaban J connectivity index is 1.54. The summed E-state index contributed by atoms with van der Waals surface area (Å²) in [6.07, 6.45) is 0. The van der Waals surface area contributed by atoms with Crippen LogP contribution in [0, 0.1) is 0 Å². The Hall–Kier alpha value is -2.63. The van der Waals surface area contributed by atoms with Crippen LogP contribution in [0.2, 0.25) is 0 Å². The van der Waals surface area contributed by atoms with E-state index < -0.39 is 0 Å². The van der Waals surface area contributed by atoms with E-state index in [1.54, 1.807) is 30.6 Å². The van der Waals surface area contributed by atoms with Gasteiger partial charge in [0.15, 0.2) is 0 Å². The van der Waals surface area contributed by atoms with Gasteiger partial charge in [0.1, 0.15) is 12.4 Å². The van der Waals surface area contributed by atoms with Gasteiger partial charge in [-0.1, -0.05) is 36.4 Å². The van der Waals surface area contributed by atoms with Crippen molar-refractivity contribution >= 4 is 17.2 Å². The minimum atomic E-state index is -0.118. The lowest BCUT2D eigenvalue weighted by Gasteiger charge is -2.09. The summed E-state index contributed by atoms with van der Waals surface area (Å²) in [5, 5.41) is 4.96. The van der Waals surface area contributed by atoms with Crippen LogP contribution in [0.25, 0.3) is 0 Å². The fourth-order valence-corrected chi connectivity index (χ4v) is 3.10. The zero-order chi connectivity index (χ0) is 18.2. The van der Waals surface area contributed by atoms with E-state index in [-0.39, 0.29) is 5.91 Å². The van der Waals surface area contributed by atoms with Gasteiger partial charge in [0.05, 0.1) is 6.61 Å². The van der Waals surface area contributed by atoms with E-state index in [1.165, 1.54) is 0 Å². The van der Waals surface area contributed by atoms with E-state index in [1.807, 2.05) is 53.9 Å². The lowest BCUT2D eigenvalue weighted by Crippen LogP contribution is -2.22. The van der Waals surface area contributed by atoms with Crippen molar-refractivity contribution in [1.29, 1.82) is 0 Å². The molecule has 0 fully saturated rings. The van der Waals surface area contributed by atoms with Gasteiger partial charge in [-0.05, 0) is 40.8 Å². The predicted octanol–water partition coefficient (Wildman–Crippen LogP) is 4.40. The average Bonchev–Trinajstić information content (AvgIpc) is 3.20. The van der Waals surface area contributed by atoms with Gasteiger partial charge in [-0.25, -0.2) is 0 Å². The monoisotopic (exact) mass is 367 g/mol. The van der Waals surface area contributed by atoms with Crippen LogP contribution in [0.4, 0.5) is 0 Å². The molecule has 4 nitrogen and oxygen atoms in total. The number of rotatable bonds is 8. The number of benzene rings is 2. The van der Waals surface area contributed by atoms with Crippen molar-refractivity contribution in [1.82, 2.24) is 5.32 Å². The molecule has 1 heterocycles. The Morgan fingerprint density at radius 2 is 1.81 bits per heavy atom. The highest BCUT2D eigenvalue weighted by molar-refractivity contribution is 7.09. The number of hydrogen-bond acceptors (Lipinski definition) is 4. The lowest BCUT2D eigenvalue weighted by atomic mass is 10.1. The molecule has 0 radical (unpaired) electrons. The molecule has 0 bridgehead atoms. The van der Waals surface area contributed by atoms with Crippen LogP contribution in [0.3, 0.4) is 0 Å². The molecule has 3 aromatic rings. The largest absolute Gasteiger partial charge is 0.488 e. The van der Waals surface area contributed by atoms with Crippen molar-refractivity contribution < 1.29 is 14.3 Å². The van der Waals surface area contributed by atoms with E-state index in [0.717, 1.165) is 16.0 Å². The van der Waals surface area contributed by atoms with Gasteiger partial charge in [-0.15, -0.1) is 11.3 Å². The van der Waals surface area contributed by atoms with Gasteiger partial charge in [-0.2, -0.15) is 0 Å². The first kappa shape index (κ1) is 18.2. The molecule has 26 heavy (non-hydrogen) atoms. The maximum Gasteiger partial charge on any atom is 0.251 e. The van der Waals surface area contributed by atoms with E-state index in [2.05, 4.69) is 5.32 Å². The molecule has 0 aliphatic rings. The second kappa shape index (κ2) is 9.17. The topological polar surface area (TPSA) is 47.6 Å². The zero-order valence-corrected chi connectivity index (χ0v) is 15.4. The van der Waals surface area contributed by atoms with Crippen molar-refractivity contribution in [2.45, 2.75) is 19.8 Å². The quantitative estimate of drug-likeness (QED) is 0.642. The molecular weight excluding hydrogens is 346 g/mol. The van der Waals surface area contributed by atoms with Crippen LogP contribution >= 0.6 is 11.3 Å². The maximum atomic E-state index is 12.4. The molecule has 134 valence electrons. The van der Waals surface area contributed by atoms with Crippen molar-refractivity contribution in [3.8, 4) is 5.75 Å². The van der Waals surface area contributed by atoms with Gasteiger partial charge < -0.3 is 14.8 Å². The Bertz CT molecular complexity index is 829. The summed E-state index contributed by atoms with van der Waals surface area (Å²) < 4.78 is 10.9.